The van der Waals surface area contributed by atoms with Gasteiger partial charge in [-0.2, -0.15) is 0 Å². The van der Waals surface area contributed by atoms with Crippen LogP contribution in [-0.2, 0) is 14.3 Å². The highest BCUT2D eigenvalue weighted by atomic mass is 19.1. The summed E-state index contributed by atoms with van der Waals surface area (Å²) in [7, 11) is 0. The number of hydrogen-bond donors (Lipinski definition) is 2. The summed E-state index contributed by atoms with van der Waals surface area (Å²) in [6.07, 6.45) is 2.17. The van der Waals surface area contributed by atoms with Crippen molar-refractivity contribution in [3.05, 3.63) is 42.2 Å². The van der Waals surface area contributed by atoms with E-state index in [1.165, 1.54) is 18.2 Å². The standard InChI is InChI=1S/C14H12FNO4/c15-7-3-1-2-4-8(7)16-13(17)11-9-5-6-10(20-9)12(11)14(18)19/h1-6,9-12H,(H,16,17)(H,18,19)/t9-,10+,11-,12-/m0/s1. The molecule has 2 N–H and O–H groups in total. The molecule has 2 aliphatic rings. The molecule has 1 fully saturated rings. The Balaban J connectivity index is 1.82. The van der Waals surface area contributed by atoms with Crippen LogP contribution in [0.15, 0.2) is 36.4 Å². The Bertz CT molecular complexity index is 601. The molecule has 0 unspecified atom stereocenters. The van der Waals surface area contributed by atoms with Crippen molar-refractivity contribution in [2.75, 3.05) is 5.32 Å². The van der Waals surface area contributed by atoms with Crippen LogP contribution in [0.1, 0.15) is 0 Å². The van der Waals surface area contributed by atoms with Gasteiger partial charge in [-0.3, -0.25) is 9.59 Å². The molecule has 104 valence electrons. The number of anilines is 1. The van der Waals surface area contributed by atoms with E-state index in [2.05, 4.69) is 5.32 Å². The molecule has 4 atom stereocenters. The highest BCUT2D eigenvalue weighted by Gasteiger charge is 2.53. The zero-order chi connectivity index (χ0) is 14.3. The van der Waals surface area contributed by atoms with Crippen molar-refractivity contribution in [2.45, 2.75) is 12.2 Å². The molecule has 0 saturated carbocycles. The van der Waals surface area contributed by atoms with Crippen LogP contribution < -0.4 is 5.32 Å². The van der Waals surface area contributed by atoms with E-state index in [0.29, 0.717) is 0 Å². The average Bonchev–Trinajstić information content (AvgIpc) is 3.01. The van der Waals surface area contributed by atoms with E-state index >= 15 is 0 Å². The van der Waals surface area contributed by atoms with Gasteiger partial charge in [0.1, 0.15) is 11.7 Å². The number of para-hydroxylation sites is 1. The lowest BCUT2D eigenvalue weighted by Crippen LogP contribution is -2.39. The van der Waals surface area contributed by atoms with Crippen molar-refractivity contribution >= 4 is 17.6 Å². The van der Waals surface area contributed by atoms with E-state index in [0.717, 1.165) is 0 Å². The van der Waals surface area contributed by atoms with Gasteiger partial charge in [0.05, 0.1) is 23.8 Å². The van der Waals surface area contributed by atoms with E-state index in [1.54, 1.807) is 18.2 Å². The normalized spacial score (nSPS) is 30.4. The van der Waals surface area contributed by atoms with Crippen molar-refractivity contribution in [1.29, 1.82) is 0 Å². The van der Waals surface area contributed by atoms with Gasteiger partial charge in [-0.15, -0.1) is 0 Å². The minimum Gasteiger partial charge on any atom is -0.481 e. The second-order valence-corrected chi connectivity index (χ2v) is 4.81. The Labute approximate surface area is 114 Å². The van der Waals surface area contributed by atoms with Crippen LogP contribution in [0.2, 0.25) is 0 Å². The second kappa shape index (κ2) is 4.72. The first-order chi connectivity index (χ1) is 9.58. The van der Waals surface area contributed by atoms with E-state index in [9.17, 15) is 19.1 Å². The Morgan fingerprint density at radius 2 is 1.80 bits per heavy atom. The molecular formula is C14H12FNO4. The number of halogens is 1. The summed E-state index contributed by atoms with van der Waals surface area (Å²) < 4.78 is 18.9. The number of carbonyl (C=O) groups is 2. The first kappa shape index (κ1) is 12.8. The fourth-order valence-electron chi connectivity index (χ4n) is 2.69. The first-order valence-corrected chi connectivity index (χ1v) is 6.20. The molecule has 3 rings (SSSR count). The molecule has 2 aliphatic heterocycles. The van der Waals surface area contributed by atoms with E-state index in [-0.39, 0.29) is 5.69 Å². The summed E-state index contributed by atoms with van der Waals surface area (Å²) in [5, 5.41) is 11.6. The van der Waals surface area contributed by atoms with Crippen LogP contribution in [0.5, 0.6) is 0 Å². The number of aliphatic carboxylic acids is 1. The van der Waals surface area contributed by atoms with Gasteiger partial charge in [0, 0.05) is 0 Å². The van der Waals surface area contributed by atoms with Crippen LogP contribution in [-0.4, -0.2) is 29.2 Å². The molecule has 0 spiro atoms. The van der Waals surface area contributed by atoms with E-state index in [4.69, 9.17) is 4.74 Å². The number of fused-ring (bicyclic) bond motifs is 2. The lowest BCUT2D eigenvalue weighted by atomic mass is 9.82. The zero-order valence-electron chi connectivity index (χ0n) is 10.3. The summed E-state index contributed by atoms with van der Waals surface area (Å²) in [5.74, 6) is -3.97. The molecule has 2 bridgehead atoms. The SMILES string of the molecule is O=C(Nc1ccccc1F)[C@@H]1[C@@H](C(=O)O)[C@H]2C=C[C@@H]1O2. The number of carboxylic acids is 1. The molecule has 1 saturated heterocycles. The maximum absolute atomic E-state index is 13.5. The molecule has 5 nitrogen and oxygen atoms in total. The number of ether oxygens (including phenoxy) is 1. The van der Waals surface area contributed by atoms with Crippen molar-refractivity contribution in [3.8, 4) is 0 Å². The van der Waals surface area contributed by atoms with Crippen molar-refractivity contribution < 1.29 is 23.8 Å². The van der Waals surface area contributed by atoms with E-state index < -0.39 is 41.7 Å². The maximum atomic E-state index is 13.5. The fraction of sp³-hybridized carbons (Fsp3) is 0.286. The second-order valence-electron chi connectivity index (χ2n) is 4.81. The third-order valence-corrected chi connectivity index (χ3v) is 3.62. The van der Waals surface area contributed by atoms with Gasteiger partial charge in [-0.05, 0) is 12.1 Å². The van der Waals surface area contributed by atoms with Crippen molar-refractivity contribution in [3.63, 3.8) is 0 Å². The fourth-order valence-corrected chi connectivity index (χ4v) is 2.69. The Morgan fingerprint density at radius 1 is 1.15 bits per heavy atom. The van der Waals surface area contributed by atoms with Gasteiger partial charge in [-0.25, -0.2) is 4.39 Å². The molecule has 1 amide bonds. The summed E-state index contributed by atoms with van der Waals surface area (Å²) >= 11 is 0. The van der Waals surface area contributed by atoms with Crippen LogP contribution in [0.3, 0.4) is 0 Å². The maximum Gasteiger partial charge on any atom is 0.310 e. The minimum atomic E-state index is -1.09. The van der Waals surface area contributed by atoms with Crippen LogP contribution in [0.25, 0.3) is 0 Å². The van der Waals surface area contributed by atoms with Crippen LogP contribution >= 0.6 is 0 Å². The summed E-state index contributed by atoms with van der Waals surface area (Å²) in [6, 6.07) is 5.74. The van der Waals surface area contributed by atoms with Gasteiger partial charge < -0.3 is 15.2 Å². The quantitative estimate of drug-likeness (QED) is 0.819. The molecule has 2 heterocycles. The summed E-state index contributed by atoms with van der Waals surface area (Å²) in [6.45, 7) is 0. The van der Waals surface area contributed by atoms with Gasteiger partial charge in [0.15, 0.2) is 0 Å². The monoisotopic (exact) mass is 277 g/mol. The largest absolute Gasteiger partial charge is 0.481 e. The van der Waals surface area contributed by atoms with Crippen LogP contribution in [0.4, 0.5) is 10.1 Å². The molecule has 0 aromatic heterocycles. The number of carboxylic acid groups (broad SMARTS) is 1. The summed E-state index contributed by atoms with van der Waals surface area (Å²) in [4.78, 5) is 23.5. The first-order valence-electron chi connectivity index (χ1n) is 6.20. The highest BCUT2D eigenvalue weighted by molar-refractivity contribution is 5.96. The molecule has 1 aromatic carbocycles. The van der Waals surface area contributed by atoms with Crippen molar-refractivity contribution in [2.24, 2.45) is 11.8 Å². The van der Waals surface area contributed by atoms with E-state index in [1.807, 2.05) is 0 Å². The van der Waals surface area contributed by atoms with Crippen molar-refractivity contribution in [1.82, 2.24) is 0 Å². The number of amides is 1. The predicted octanol–water partition coefficient (Wildman–Crippen LogP) is 1.42. The number of benzene rings is 1. The molecular weight excluding hydrogens is 265 g/mol. The topological polar surface area (TPSA) is 75.6 Å². The van der Waals surface area contributed by atoms with Gasteiger partial charge in [-0.1, -0.05) is 24.3 Å². The number of carbonyl (C=O) groups excluding carboxylic acids is 1. The Hall–Kier alpha value is -2.21. The summed E-state index contributed by atoms with van der Waals surface area (Å²) in [5.41, 5.74) is 0.0355. The molecule has 0 aliphatic carbocycles. The molecule has 1 aromatic rings. The minimum absolute atomic E-state index is 0.0355. The third kappa shape index (κ3) is 1.98. The molecule has 20 heavy (non-hydrogen) atoms. The smallest absolute Gasteiger partial charge is 0.310 e. The van der Waals surface area contributed by atoms with Gasteiger partial charge in [0.2, 0.25) is 5.91 Å². The number of hydrogen-bond acceptors (Lipinski definition) is 3. The lowest BCUT2D eigenvalue weighted by Gasteiger charge is -2.21. The van der Waals surface area contributed by atoms with Gasteiger partial charge in [0.25, 0.3) is 0 Å². The number of rotatable bonds is 3. The number of nitrogens with one attached hydrogen (secondary N) is 1. The van der Waals surface area contributed by atoms with Gasteiger partial charge >= 0.3 is 5.97 Å². The third-order valence-electron chi connectivity index (χ3n) is 3.62. The Kier molecular flexibility index (Phi) is 3.02. The highest BCUT2D eigenvalue weighted by Crippen LogP contribution is 2.39. The molecule has 0 radical (unpaired) electrons. The molecule has 6 heteroatoms. The Morgan fingerprint density at radius 3 is 2.45 bits per heavy atom. The zero-order valence-corrected chi connectivity index (χ0v) is 10.3. The predicted molar refractivity (Wildman–Crippen MR) is 67.4 cm³/mol. The van der Waals surface area contributed by atoms with Crippen LogP contribution in [0, 0.1) is 17.7 Å². The average molecular weight is 277 g/mol. The lowest BCUT2D eigenvalue weighted by molar-refractivity contribution is -0.145.